The standard InChI is InChI=1S/C21H22F3N5O3/c1-12(18(30)26-15-7-8-16-17(9-15)28-20(32)27-16)29(2)10-13-3-5-14(6-4-13)19(31)25-11-21(22,23)24/h3-9,12H,10-11H2,1-2H3,(H,25,31)(H,26,30)(H2,27,28,32)/t12-/m0/s1. The lowest BCUT2D eigenvalue weighted by atomic mass is 10.1. The fraction of sp³-hybridized carbons (Fsp3) is 0.286. The summed E-state index contributed by atoms with van der Waals surface area (Å²) in [5.41, 5.74) is 2.31. The van der Waals surface area contributed by atoms with E-state index in [4.69, 9.17) is 0 Å². The van der Waals surface area contributed by atoms with E-state index in [2.05, 4.69) is 15.3 Å². The molecule has 0 saturated heterocycles. The van der Waals surface area contributed by atoms with Crippen molar-refractivity contribution in [2.45, 2.75) is 25.7 Å². The lowest BCUT2D eigenvalue weighted by Crippen LogP contribution is -2.39. The van der Waals surface area contributed by atoms with E-state index in [1.54, 1.807) is 49.2 Å². The fourth-order valence-corrected chi connectivity index (χ4v) is 3.03. The number of nitrogens with one attached hydrogen (secondary N) is 4. The number of imidazole rings is 1. The van der Waals surface area contributed by atoms with Gasteiger partial charge >= 0.3 is 11.9 Å². The molecule has 0 aliphatic carbocycles. The van der Waals surface area contributed by atoms with Gasteiger partial charge in [-0.05, 0) is 49.9 Å². The Kier molecular flexibility index (Phi) is 6.68. The lowest BCUT2D eigenvalue weighted by Gasteiger charge is -2.24. The molecule has 0 saturated carbocycles. The van der Waals surface area contributed by atoms with Crippen molar-refractivity contribution in [2.75, 3.05) is 18.9 Å². The minimum absolute atomic E-state index is 0.115. The molecular weight excluding hydrogens is 427 g/mol. The molecule has 2 amide bonds. The summed E-state index contributed by atoms with van der Waals surface area (Å²) in [4.78, 5) is 42.8. The highest BCUT2D eigenvalue weighted by atomic mass is 19.4. The van der Waals surface area contributed by atoms with Gasteiger partial charge in [-0.2, -0.15) is 13.2 Å². The number of amides is 2. The Morgan fingerprint density at radius 2 is 1.72 bits per heavy atom. The number of halogens is 3. The van der Waals surface area contributed by atoms with Gasteiger partial charge in [0.05, 0.1) is 17.1 Å². The van der Waals surface area contributed by atoms with E-state index in [-0.39, 0.29) is 17.2 Å². The second kappa shape index (κ2) is 9.27. The Balaban J connectivity index is 1.56. The van der Waals surface area contributed by atoms with Crippen LogP contribution in [-0.2, 0) is 11.3 Å². The van der Waals surface area contributed by atoms with Gasteiger partial charge in [-0.1, -0.05) is 12.1 Å². The van der Waals surface area contributed by atoms with E-state index in [0.717, 1.165) is 5.56 Å². The maximum atomic E-state index is 12.6. The Morgan fingerprint density at radius 3 is 2.38 bits per heavy atom. The van der Waals surface area contributed by atoms with Gasteiger partial charge in [-0.25, -0.2) is 4.79 Å². The van der Waals surface area contributed by atoms with E-state index in [0.29, 0.717) is 23.3 Å². The molecule has 4 N–H and O–H groups in total. The highest BCUT2D eigenvalue weighted by molar-refractivity contribution is 5.96. The number of fused-ring (bicyclic) bond motifs is 1. The van der Waals surface area contributed by atoms with Gasteiger partial charge in [0.1, 0.15) is 6.54 Å². The molecule has 0 bridgehead atoms. The van der Waals surface area contributed by atoms with Gasteiger partial charge in [0.25, 0.3) is 5.91 Å². The van der Waals surface area contributed by atoms with Crippen molar-refractivity contribution in [2.24, 2.45) is 0 Å². The molecule has 1 heterocycles. The Labute approximate surface area is 180 Å². The number of hydrogen-bond acceptors (Lipinski definition) is 4. The smallest absolute Gasteiger partial charge is 0.343 e. The lowest BCUT2D eigenvalue weighted by molar-refractivity contribution is -0.123. The zero-order valence-corrected chi connectivity index (χ0v) is 17.3. The summed E-state index contributed by atoms with van der Waals surface area (Å²) in [5, 5.41) is 4.62. The van der Waals surface area contributed by atoms with Crippen molar-refractivity contribution in [3.05, 3.63) is 64.1 Å². The number of aromatic amines is 2. The van der Waals surface area contributed by atoms with E-state index >= 15 is 0 Å². The van der Waals surface area contributed by atoms with Gasteiger partial charge < -0.3 is 20.6 Å². The quantitative estimate of drug-likeness (QED) is 0.445. The molecule has 2 aromatic carbocycles. The third-order valence-corrected chi connectivity index (χ3v) is 4.92. The van der Waals surface area contributed by atoms with Crippen LogP contribution in [-0.4, -0.2) is 52.5 Å². The average molecular weight is 449 g/mol. The largest absolute Gasteiger partial charge is 0.405 e. The topological polar surface area (TPSA) is 110 Å². The van der Waals surface area contributed by atoms with Gasteiger partial charge in [0.15, 0.2) is 0 Å². The van der Waals surface area contributed by atoms with E-state index in [1.165, 1.54) is 12.1 Å². The fourth-order valence-electron chi connectivity index (χ4n) is 3.03. The van der Waals surface area contributed by atoms with Crippen molar-refractivity contribution in [3.63, 3.8) is 0 Å². The number of rotatable bonds is 7. The van der Waals surface area contributed by atoms with Crippen molar-refractivity contribution in [3.8, 4) is 0 Å². The molecule has 0 aliphatic rings. The Hall–Kier alpha value is -3.60. The molecule has 1 atom stereocenters. The Bertz CT molecular complexity index is 1170. The van der Waals surface area contributed by atoms with Crippen molar-refractivity contribution in [1.29, 1.82) is 0 Å². The summed E-state index contributed by atoms with van der Waals surface area (Å²) < 4.78 is 36.7. The molecular formula is C21H22F3N5O3. The minimum Gasteiger partial charge on any atom is -0.343 e. The highest BCUT2D eigenvalue weighted by Gasteiger charge is 2.28. The predicted octanol–water partition coefficient (Wildman–Crippen LogP) is 2.61. The summed E-state index contributed by atoms with van der Waals surface area (Å²) in [7, 11) is 1.75. The van der Waals surface area contributed by atoms with Crippen LogP contribution < -0.4 is 16.3 Å². The first kappa shape index (κ1) is 23.1. The maximum Gasteiger partial charge on any atom is 0.405 e. The van der Waals surface area contributed by atoms with Crippen molar-refractivity contribution >= 4 is 28.5 Å². The predicted molar refractivity (Wildman–Crippen MR) is 113 cm³/mol. The second-order valence-electron chi connectivity index (χ2n) is 7.41. The second-order valence-corrected chi connectivity index (χ2v) is 7.41. The summed E-state index contributed by atoms with van der Waals surface area (Å²) in [6.45, 7) is 0.713. The van der Waals surface area contributed by atoms with Crippen LogP contribution >= 0.6 is 0 Å². The van der Waals surface area contributed by atoms with Gasteiger partial charge in [0, 0.05) is 17.8 Å². The van der Waals surface area contributed by atoms with Crippen LogP contribution in [0.3, 0.4) is 0 Å². The molecule has 3 rings (SSSR count). The maximum absolute atomic E-state index is 12.6. The van der Waals surface area contributed by atoms with Crippen LogP contribution in [0.5, 0.6) is 0 Å². The van der Waals surface area contributed by atoms with Gasteiger partial charge in [0.2, 0.25) is 5.91 Å². The first-order valence-electron chi connectivity index (χ1n) is 9.69. The number of H-pyrrole nitrogens is 2. The van der Waals surface area contributed by atoms with E-state index in [1.807, 2.05) is 5.32 Å². The number of carbonyl (C=O) groups is 2. The normalized spacial score (nSPS) is 12.7. The molecule has 0 aliphatic heterocycles. The molecule has 0 fully saturated rings. The first-order chi connectivity index (χ1) is 15.0. The third kappa shape index (κ3) is 5.97. The zero-order chi connectivity index (χ0) is 23.5. The van der Waals surface area contributed by atoms with Gasteiger partial charge in [-0.3, -0.25) is 14.5 Å². The molecule has 8 nitrogen and oxygen atoms in total. The molecule has 3 aromatic rings. The number of likely N-dealkylation sites (N-methyl/N-ethyl adjacent to an activating group) is 1. The Morgan fingerprint density at radius 1 is 1.06 bits per heavy atom. The summed E-state index contributed by atoms with van der Waals surface area (Å²) in [6.07, 6.45) is -4.47. The average Bonchev–Trinajstić information content (AvgIpc) is 3.10. The molecule has 0 radical (unpaired) electrons. The molecule has 1 aromatic heterocycles. The monoisotopic (exact) mass is 449 g/mol. The summed E-state index contributed by atoms with van der Waals surface area (Å²) >= 11 is 0. The molecule has 32 heavy (non-hydrogen) atoms. The minimum atomic E-state index is -4.47. The molecule has 11 heteroatoms. The number of nitrogens with zero attached hydrogens (tertiary/aromatic N) is 1. The van der Waals surface area contributed by atoms with Crippen LogP contribution in [0, 0.1) is 0 Å². The number of benzene rings is 2. The number of hydrogen-bond donors (Lipinski definition) is 4. The zero-order valence-electron chi connectivity index (χ0n) is 17.3. The van der Waals surface area contributed by atoms with Crippen LogP contribution in [0.15, 0.2) is 47.3 Å². The number of aromatic nitrogens is 2. The van der Waals surface area contributed by atoms with Crippen LogP contribution in [0.4, 0.5) is 18.9 Å². The van der Waals surface area contributed by atoms with Crippen molar-refractivity contribution < 1.29 is 22.8 Å². The summed E-state index contributed by atoms with van der Waals surface area (Å²) in [5.74, 6) is -1.07. The number of alkyl halides is 3. The van der Waals surface area contributed by atoms with Crippen LogP contribution in [0.2, 0.25) is 0 Å². The van der Waals surface area contributed by atoms with Crippen LogP contribution in [0.25, 0.3) is 11.0 Å². The molecule has 0 unspecified atom stereocenters. The van der Waals surface area contributed by atoms with Crippen LogP contribution in [0.1, 0.15) is 22.8 Å². The molecule has 170 valence electrons. The third-order valence-electron chi connectivity index (χ3n) is 4.92. The number of carbonyl (C=O) groups excluding carboxylic acids is 2. The highest BCUT2D eigenvalue weighted by Crippen LogP contribution is 2.16. The van der Waals surface area contributed by atoms with E-state index in [9.17, 15) is 27.6 Å². The van der Waals surface area contributed by atoms with Crippen molar-refractivity contribution in [1.82, 2.24) is 20.2 Å². The van der Waals surface area contributed by atoms with E-state index < -0.39 is 24.7 Å². The summed E-state index contributed by atoms with van der Waals surface area (Å²) in [6, 6.07) is 10.6. The van der Waals surface area contributed by atoms with Gasteiger partial charge in [-0.15, -0.1) is 0 Å². The number of anilines is 1. The first-order valence-corrected chi connectivity index (χ1v) is 9.69. The SMILES string of the molecule is C[C@@H](C(=O)Nc1ccc2[nH]c(=O)[nH]c2c1)N(C)Cc1ccc(C(=O)NCC(F)(F)F)cc1. The molecule has 0 spiro atoms.